The van der Waals surface area contributed by atoms with Gasteiger partial charge in [0.05, 0.1) is 38.0 Å². The lowest BCUT2D eigenvalue weighted by Gasteiger charge is -2.55. The lowest BCUT2D eigenvalue weighted by atomic mass is 9.44. The van der Waals surface area contributed by atoms with Crippen molar-refractivity contribution in [3.05, 3.63) is 143 Å². The molecule has 3 aliphatic carbocycles. The van der Waals surface area contributed by atoms with E-state index in [0.29, 0.717) is 28.0 Å². The number of rotatable bonds is 7. The molecule has 8 nitrogen and oxygen atoms in total. The van der Waals surface area contributed by atoms with Gasteiger partial charge in [-0.15, -0.1) is 0 Å². The molecule has 51 heavy (non-hydrogen) atoms. The number of aromatic hydroxyl groups is 1. The first kappa shape index (κ1) is 32.4. The lowest BCUT2D eigenvalue weighted by Crippen LogP contribution is -2.58. The monoisotopic (exact) mass is 679 g/mol. The molecule has 2 amide bonds. The van der Waals surface area contributed by atoms with E-state index in [2.05, 4.69) is 0 Å². The fraction of sp³-hybridized carbons (Fsp3) is 0.256. The van der Waals surface area contributed by atoms with Crippen molar-refractivity contribution in [2.45, 2.75) is 30.7 Å². The highest BCUT2D eigenvalue weighted by Crippen LogP contribution is 2.65. The second-order valence-corrected chi connectivity index (χ2v) is 13.8. The van der Waals surface area contributed by atoms with Crippen molar-refractivity contribution in [2.75, 3.05) is 14.2 Å². The lowest BCUT2D eigenvalue weighted by molar-refractivity contribution is -0.141. The number of ether oxygens (including phenoxy) is 2. The maximum Gasteiger partial charge on any atom is 0.234 e. The molecular formula is C43H37NO7. The summed E-state index contributed by atoms with van der Waals surface area (Å²) in [5.41, 5.74) is 1.98. The van der Waals surface area contributed by atoms with Crippen LogP contribution in [0.5, 0.6) is 17.2 Å². The van der Waals surface area contributed by atoms with Crippen molar-refractivity contribution in [3.8, 4) is 17.2 Å². The van der Waals surface area contributed by atoms with E-state index in [1.165, 1.54) is 31.3 Å². The number of phenolic OH excluding ortho intramolecular Hbond substituents is 1. The molecule has 1 saturated heterocycles. The molecule has 1 N–H and O–H groups in total. The zero-order valence-corrected chi connectivity index (χ0v) is 28.3. The highest BCUT2D eigenvalue weighted by molar-refractivity contribution is 6.31. The Labute approximate surface area is 296 Å². The van der Waals surface area contributed by atoms with E-state index < -0.39 is 35.0 Å². The maximum atomic E-state index is 15.2. The maximum absolute atomic E-state index is 15.2. The number of ketones is 2. The number of hydrogen-bond donors (Lipinski definition) is 1. The molecule has 0 spiro atoms. The number of benzene rings is 4. The smallest absolute Gasteiger partial charge is 0.234 e. The number of imide groups is 1. The molecule has 256 valence electrons. The fourth-order valence-corrected chi connectivity index (χ4v) is 9.34. The normalized spacial score (nSPS) is 26.9. The molecule has 0 bridgehead atoms. The molecule has 4 aliphatic rings. The Morgan fingerprint density at radius 2 is 1.47 bits per heavy atom. The molecule has 8 heteroatoms. The molecule has 8 rings (SSSR count). The van der Waals surface area contributed by atoms with E-state index in [1.54, 1.807) is 6.07 Å². The van der Waals surface area contributed by atoms with E-state index >= 15 is 9.59 Å². The van der Waals surface area contributed by atoms with Gasteiger partial charge in [-0.05, 0) is 41.5 Å². The van der Waals surface area contributed by atoms with E-state index in [9.17, 15) is 14.7 Å². The van der Waals surface area contributed by atoms with Crippen LogP contribution in [0, 0.1) is 23.7 Å². The summed E-state index contributed by atoms with van der Waals surface area (Å²) in [6.45, 7) is 0.153. The van der Waals surface area contributed by atoms with Crippen molar-refractivity contribution < 1.29 is 33.8 Å². The predicted molar refractivity (Wildman–Crippen MR) is 190 cm³/mol. The third-order valence-corrected chi connectivity index (χ3v) is 11.5. The molecular weight excluding hydrogens is 642 g/mol. The summed E-state index contributed by atoms with van der Waals surface area (Å²) < 4.78 is 11.4. The van der Waals surface area contributed by atoms with Gasteiger partial charge in [0.1, 0.15) is 17.2 Å². The van der Waals surface area contributed by atoms with Crippen LogP contribution >= 0.6 is 0 Å². The number of carbonyl (C=O) groups is 4. The number of amides is 2. The van der Waals surface area contributed by atoms with E-state index in [1.807, 2.05) is 97.1 Å². The average molecular weight is 680 g/mol. The molecule has 6 unspecified atom stereocenters. The largest absolute Gasteiger partial charge is 0.507 e. The molecule has 1 saturated carbocycles. The van der Waals surface area contributed by atoms with E-state index in [0.717, 1.165) is 11.1 Å². The van der Waals surface area contributed by atoms with Crippen molar-refractivity contribution in [1.29, 1.82) is 0 Å². The topological polar surface area (TPSA) is 110 Å². The molecule has 4 aromatic rings. The standard InChI is InChI=1S/C43H37NO7/c1-50-28-20-34(45)38(35(21-28)51-2)39-29-18-19-30-37(42(49)44(41(30)48)24-25-12-6-3-7-13-25)32(29)22-33-40(47)31(26-14-8-4-9-15-26)23-36(46)43(33,39)27-16-10-5-11-17-27/h3-18,20-21,23,30,32-33,37,39,45H,19,22,24H2,1-2H3. The minimum absolute atomic E-state index is 0.153. The zero-order chi connectivity index (χ0) is 35.4. The van der Waals surface area contributed by atoms with Crippen LogP contribution in [-0.4, -0.2) is 47.6 Å². The van der Waals surface area contributed by atoms with Crippen LogP contribution in [0.25, 0.3) is 5.57 Å². The molecule has 2 fully saturated rings. The molecule has 0 aromatic heterocycles. The van der Waals surface area contributed by atoms with Gasteiger partial charge in [-0.3, -0.25) is 24.1 Å². The fourth-order valence-electron chi connectivity index (χ4n) is 9.34. The SMILES string of the molecule is COc1cc(O)c(C2C3=CCC4C(=O)N(Cc5ccccc5)C(=O)C4C3CC3C(=O)C(c4ccccc4)=CC(=O)C32c2ccccc2)c(OC)c1. The van der Waals surface area contributed by atoms with Crippen LogP contribution in [0.4, 0.5) is 0 Å². The first-order valence-electron chi connectivity index (χ1n) is 17.2. The van der Waals surface area contributed by atoms with Crippen LogP contribution in [0.3, 0.4) is 0 Å². The average Bonchev–Trinajstić information content (AvgIpc) is 3.41. The zero-order valence-electron chi connectivity index (χ0n) is 28.3. The summed E-state index contributed by atoms with van der Waals surface area (Å²) in [4.78, 5) is 60.2. The Balaban J connectivity index is 1.37. The summed E-state index contributed by atoms with van der Waals surface area (Å²) in [7, 11) is 2.97. The van der Waals surface area contributed by atoms with Gasteiger partial charge in [0, 0.05) is 35.1 Å². The first-order valence-corrected chi connectivity index (χ1v) is 17.2. The van der Waals surface area contributed by atoms with Gasteiger partial charge in [0.15, 0.2) is 11.6 Å². The Bertz CT molecular complexity index is 2120. The summed E-state index contributed by atoms with van der Waals surface area (Å²) >= 11 is 0. The number of carbonyl (C=O) groups excluding carboxylic acids is 4. The van der Waals surface area contributed by atoms with Crippen molar-refractivity contribution in [2.24, 2.45) is 23.7 Å². The highest BCUT2D eigenvalue weighted by Gasteiger charge is 2.66. The van der Waals surface area contributed by atoms with Crippen LogP contribution in [0.15, 0.2) is 121 Å². The summed E-state index contributed by atoms with van der Waals surface area (Å²) in [6.07, 6.45) is 3.89. The van der Waals surface area contributed by atoms with Crippen LogP contribution < -0.4 is 9.47 Å². The number of Topliss-reactive ketones (excluding diaryl/α,β-unsaturated/α-hetero) is 1. The van der Waals surface area contributed by atoms with Gasteiger partial charge in [-0.1, -0.05) is 103 Å². The Hall–Kier alpha value is -5.76. The molecule has 0 radical (unpaired) electrons. The first-order chi connectivity index (χ1) is 24.8. The van der Waals surface area contributed by atoms with Gasteiger partial charge in [-0.25, -0.2) is 0 Å². The second-order valence-electron chi connectivity index (χ2n) is 13.8. The Morgan fingerprint density at radius 1 is 0.804 bits per heavy atom. The number of fused-ring (bicyclic) bond motifs is 4. The minimum Gasteiger partial charge on any atom is -0.507 e. The summed E-state index contributed by atoms with van der Waals surface area (Å²) in [5.74, 6) is -4.30. The number of likely N-dealkylation sites (tertiary alicyclic amines) is 1. The second kappa shape index (κ2) is 12.5. The quantitative estimate of drug-likeness (QED) is 0.177. The van der Waals surface area contributed by atoms with Gasteiger partial charge in [-0.2, -0.15) is 0 Å². The number of phenols is 1. The predicted octanol–water partition coefficient (Wildman–Crippen LogP) is 6.43. The van der Waals surface area contributed by atoms with Crippen LogP contribution in [-0.2, 0) is 31.1 Å². The van der Waals surface area contributed by atoms with Gasteiger partial charge in [0.25, 0.3) is 0 Å². The van der Waals surface area contributed by atoms with Crippen molar-refractivity contribution >= 4 is 29.0 Å². The van der Waals surface area contributed by atoms with Crippen LogP contribution in [0.2, 0.25) is 0 Å². The van der Waals surface area contributed by atoms with Crippen LogP contribution in [0.1, 0.15) is 41.0 Å². The molecule has 1 heterocycles. The number of hydrogen-bond acceptors (Lipinski definition) is 7. The number of nitrogens with zero attached hydrogens (tertiary/aromatic N) is 1. The third-order valence-electron chi connectivity index (χ3n) is 11.5. The number of allylic oxidation sites excluding steroid dienone is 4. The Kier molecular flexibility index (Phi) is 7.97. The van der Waals surface area contributed by atoms with Crippen molar-refractivity contribution in [3.63, 3.8) is 0 Å². The Morgan fingerprint density at radius 3 is 2.14 bits per heavy atom. The van der Waals surface area contributed by atoms with Gasteiger partial charge < -0.3 is 14.6 Å². The van der Waals surface area contributed by atoms with E-state index in [-0.39, 0.29) is 54.3 Å². The van der Waals surface area contributed by atoms with Gasteiger partial charge >= 0.3 is 0 Å². The van der Waals surface area contributed by atoms with Gasteiger partial charge in [0.2, 0.25) is 11.8 Å². The molecule has 1 aliphatic heterocycles. The molecule has 4 aromatic carbocycles. The summed E-state index contributed by atoms with van der Waals surface area (Å²) in [5, 5.41) is 11.9. The number of methoxy groups -OCH3 is 2. The summed E-state index contributed by atoms with van der Waals surface area (Å²) in [6, 6.07) is 30.9. The minimum atomic E-state index is -1.50. The van der Waals surface area contributed by atoms with E-state index in [4.69, 9.17) is 9.47 Å². The highest BCUT2D eigenvalue weighted by atomic mass is 16.5. The molecule has 6 atom stereocenters. The van der Waals surface area contributed by atoms with Crippen molar-refractivity contribution in [1.82, 2.24) is 4.90 Å². The third kappa shape index (κ3) is 4.88.